The SMILES string of the molecule is CCOc1ccc(Nc2ncc(Br)cc2F)cc1F. The number of hydrogen-bond acceptors (Lipinski definition) is 3. The molecule has 19 heavy (non-hydrogen) atoms. The summed E-state index contributed by atoms with van der Waals surface area (Å²) >= 11 is 3.11. The topological polar surface area (TPSA) is 34.1 Å². The van der Waals surface area contributed by atoms with E-state index in [2.05, 4.69) is 26.2 Å². The van der Waals surface area contributed by atoms with Crippen molar-refractivity contribution in [2.75, 3.05) is 11.9 Å². The van der Waals surface area contributed by atoms with Crippen LogP contribution in [0.5, 0.6) is 5.75 Å². The normalized spacial score (nSPS) is 10.3. The molecule has 0 fully saturated rings. The first-order valence-electron chi connectivity index (χ1n) is 5.60. The van der Waals surface area contributed by atoms with E-state index in [-0.39, 0.29) is 11.6 Å². The van der Waals surface area contributed by atoms with Gasteiger partial charge in [0, 0.05) is 22.4 Å². The van der Waals surface area contributed by atoms with Crippen molar-refractivity contribution in [3.63, 3.8) is 0 Å². The van der Waals surface area contributed by atoms with Gasteiger partial charge < -0.3 is 10.1 Å². The van der Waals surface area contributed by atoms with E-state index >= 15 is 0 Å². The summed E-state index contributed by atoms with van der Waals surface area (Å²) in [6.45, 7) is 2.15. The van der Waals surface area contributed by atoms with E-state index in [1.807, 2.05) is 0 Å². The first-order chi connectivity index (χ1) is 9.10. The highest BCUT2D eigenvalue weighted by atomic mass is 79.9. The molecule has 0 saturated heterocycles. The van der Waals surface area contributed by atoms with Gasteiger partial charge in [-0.15, -0.1) is 0 Å². The predicted octanol–water partition coefficient (Wildman–Crippen LogP) is 4.26. The molecule has 1 heterocycles. The van der Waals surface area contributed by atoms with Crippen molar-refractivity contribution in [2.45, 2.75) is 6.92 Å². The van der Waals surface area contributed by atoms with E-state index in [1.165, 1.54) is 24.4 Å². The number of nitrogens with zero attached hydrogens (tertiary/aromatic N) is 1. The molecule has 3 nitrogen and oxygen atoms in total. The second kappa shape index (κ2) is 5.97. The maximum absolute atomic E-state index is 13.6. The number of halogens is 3. The summed E-state index contributed by atoms with van der Waals surface area (Å²) in [7, 11) is 0. The lowest BCUT2D eigenvalue weighted by Gasteiger charge is -2.09. The van der Waals surface area contributed by atoms with Crippen LogP contribution in [0, 0.1) is 11.6 Å². The number of ether oxygens (including phenoxy) is 1. The fourth-order valence-corrected chi connectivity index (χ4v) is 1.80. The highest BCUT2D eigenvalue weighted by Crippen LogP contribution is 2.25. The molecule has 0 radical (unpaired) electrons. The van der Waals surface area contributed by atoms with Crippen molar-refractivity contribution in [3.8, 4) is 5.75 Å². The average Bonchev–Trinajstić information content (AvgIpc) is 2.36. The Kier molecular flexibility index (Phi) is 4.31. The second-order valence-corrected chi connectivity index (χ2v) is 4.60. The molecule has 1 aromatic carbocycles. The van der Waals surface area contributed by atoms with Gasteiger partial charge in [-0.05, 0) is 41.1 Å². The number of anilines is 2. The zero-order chi connectivity index (χ0) is 13.8. The van der Waals surface area contributed by atoms with E-state index in [1.54, 1.807) is 13.0 Å². The summed E-state index contributed by atoms with van der Waals surface area (Å²) < 4.78 is 32.8. The van der Waals surface area contributed by atoms with Crippen LogP contribution in [0.4, 0.5) is 20.3 Å². The first-order valence-corrected chi connectivity index (χ1v) is 6.40. The van der Waals surface area contributed by atoms with Gasteiger partial charge in [0.25, 0.3) is 0 Å². The van der Waals surface area contributed by atoms with E-state index in [9.17, 15) is 8.78 Å². The summed E-state index contributed by atoms with van der Waals surface area (Å²) in [5.74, 6) is -0.836. The smallest absolute Gasteiger partial charge is 0.167 e. The van der Waals surface area contributed by atoms with Crippen molar-refractivity contribution in [2.24, 2.45) is 0 Å². The van der Waals surface area contributed by atoms with Crippen LogP contribution < -0.4 is 10.1 Å². The predicted molar refractivity (Wildman–Crippen MR) is 72.7 cm³/mol. The zero-order valence-electron chi connectivity index (χ0n) is 10.1. The summed E-state index contributed by atoms with van der Waals surface area (Å²) in [4.78, 5) is 3.87. The molecule has 0 saturated carbocycles. The van der Waals surface area contributed by atoms with Crippen LogP contribution in [0.25, 0.3) is 0 Å². The van der Waals surface area contributed by atoms with Crippen LogP contribution >= 0.6 is 15.9 Å². The minimum atomic E-state index is -0.524. The highest BCUT2D eigenvalue weighted by Gasteiger charge is 2.08. The maximum Gasteiger partial charge on any atom is 0.167 e. The Morgan fingerprint density at radius 2 is 2.05 bits per heavy atom. The fraction of sp³-hybridized carbons (Fsp3) is 0.154. The van der Waals surface area contributed by atoms with Crippen molar-refractivity contribution < 1.29 is 13.5 Å². The van der Waals surface area contributed by atoms with Crippen molar-refractivity contribution in [1.29, 1.82) is 0 Å². The van der Waals surface area contributed by atoms with Gasteiger partial charge in [0.1, 0.15) is 0 Å². The largest absolute Gasteiger partial charge is 0.491 e. The number of aromatic nitrogens is 1. The van der Waals surface area contributed by atoms with Gasteiger partial charge in [-0.1, -0.05) is 0 Å². The Labute approximate surface area is 117 Å². The van der Waals surface area contributed by atoms with Gasteiger partial charge in [-0.25, -0.2) is 13.8 Å². The van der Waals surface area contributed by atoms with Gasteiger partial charge in [0.15, 0.2) is 23.2 Å². The first kappa shape index (κ1) is 13.7. The molecular weight excluding hydrogens is 318 g/mol. The molecule has 0 amide bonds. The van der Waals surface area contributed by atoms with Gasteiger partial charge in [-0.2, -0.15) is 0 Å². The lowest BCUT2D eigenvalue weighted by Crippen LogP contribution is -1.99. The fourth-order valence-electron chi connectivity index (χ4n) is 1.49. The van der Waals surface area contributed by atoms with E-state index in [4.69, 9.17) is 4.74 Å². The van der Waals surface area contributed by atoms with Gasteiger partial charge in [0.2, 0.25) is 0 Å². The van der Waals surface area contributed by atoms with Gasteiger partial charge >= 0.3 is 0 Å². The van der Waals surface area contributed by atoms with E-state index in [0.29, 0.717) is 16.8 Å². The Balaban J connectivity index is 2.21. The monoisotopic (exact) mass is 328 g/mol. The number of rotatable bonds is 4. The quantitative estimate of drug-likeness (QED) is 0.910. The van der Waals surface area contributed by atoms with Crippen LogP contribution in [-0.4, -0.2) is 11.6 Å². The minimum Gasteiger partial charge on any atom is -0.491 e. The third kappa shape index (κ3) is 3.41. The van der Waals surface area contributed by atoms with Gasteiger partial charge in [0.05, 0.1) is 6.61 Å². The number of hydrogen-bond donors (Lipinski definition) is 1. The molecule has 0 unspecified atom stereocenters. The van der Waals surface area contributed by atoms with E-state index in [0.717, 1.165) is 0 Å². The average molecular weight is 329 g/mol. The molecule has 2 aromatic rings. The molecule has 0 aliphatic rings. The maximum atomic E-state index is 13.6. The molecule has 0 aliphatic heterocycles. The Morgan fingerprint density at radius 3 is 2.68 bits per heavy atom. The third-order valence-electron chi connectivity index (χ3n) is 2.30. The van der Waals surface area contributed by atoms with Crippen LogP contribution in [-0.2, 0) is 0 Å². The third-order valence-corrected chi connectivity index (χ3v) is 2.74. The summed E-state index contributed by atoms with van der Waals surface area (Å²) in [6.07, 6.45) is 1.45. The summed E-state index contributed by atoms with van der Waals surface area (Å²) in [6, 6.07) is 5.59. The zero-order valence-corrected chi connectivity index (χ0v) is 11.7. The molecule has 0 atom stereocenters. The van der Waals surface area contributed by atoms with Crippen molar-refractivity contribution >= 4 is 27.4 Å². The number of nitrogens with one attached hydrogen (secondary N) is 1. The Bertz CT molecular complexity index is 593. The highest BCUT2D eigenvalue weighted by molar-refractivity contribution is 9.10. The standard InChI is InChI=1S/C13H11BrF2N2O/c1-2-19-12-4-3-9(6-10(12)15)18-13-11(16)5-8(14)7-17-13/h3-7H,2H2,1H3,(H,17,18). The minimum absolute atomic E-state index is 0.0340. The van der Waals surface area contributed by atoms with Crippen LogP contribution in [0.3, 0.4) is 0 Å². The molecule has 0 aliphatic carbocycles. The van der Waals surface area contributed by atoms with E-state index < -0.39 is 11.6 Å². The lowest BCUT2D eigenvalue weighted by atomic mass is 10.3. The lowest BCUT2D eigenvalue weighted by molar-refractivity contribution is 0.321. The Morgan fingerprint density at radius 1 is 1.26 bits per heavy atom. The van der Waals surface area contributed by atoms with Crippen LogP contribution in [0.2, 0.25) is 0 Å². The Hall–Kier alpha value is -1.69. The molecule has 100 valence electrons. The number of benzene rings is 1. The molecule has 1 N–H and O–H groups in total. The second-order valence-electron chi connectivity index (χ2n) is 3.69. The van der Waals surface area contributed by atoms with Crippen molar-refractivity contribution in [3.05, 3.63) is 46.6 Å². The summed E-state index contributed by atoms with van der Waals surface area (Å²) in [5.41, 5.74) is 0.398. The number of pyridine rings is 1. The molecule has 0 bridgehead atoms. The van der Waals surface area contributed by atoms with Crippen LogP contribution in [0.15, 0.2) is 34.9 Å². The summed E-state index contributed by atoms with van der Waals surface area (Å²) in [5, 5.41) is 2.71. The molecule has 6 heteroatoms. The van der Waals surface area contributed by atoms with Crippen LogP contribution in [0.1, 0.15) is 6.92 Å². The molecule has 2 rings (SSSR count). The molecule has 0 spiro atoms. The van der Waals surface area contributed by atoms with Crippen molar-refractivity contribution in [1.82, 2.24) is 4.98 Å². The molecular formula is C13H11BrF2N2O. The van der Waals surface area contributed by atoms with Gasteiger partial charge in [-0.3, -0.25) is 0 Å². The molecule has 1 aromatic heterocycles.